The maximum absolute atomic E-state index is 4.01. The number of alkyl halides is 1. The Morgan fingerprint density at radius 2 is 2.00 bits per heavy atom. The van der Waals surface area contributed by atoms with Crippen LogP contribution in [0.2, 0.25) is 0 Å². The molecule has 1 N–H and O–H groups in total. The van der Waals surface area contributed by atoms with Crippen LogP contribution in [0.25, 0.3) is 0 Å². The van der Waals surface area contributed by atoms with Crippen molar-refractivity contribution in [3.63, 3.8) is 0 Å². The second-order valence-electron chi connectivity index (χ2n) is 2.67. The van der Waals surface area contributed by atoms with E-state index in [0.717, 1.165) is 5.69 Å². The van der Waals surface area contributed by atoms with Crippen LogP contribution in [0.1, 0.15) is 16.1 Å². The highest BCUT2D eigenvalue weighted by atomic mass is 79.9. The maximum atomic E-state index is 4.01. The fraction of sp³-hybridized carbons (Fsp3) is 0.111. The standard InChI is InChI=1S/C9H8BrN3/c10-9(8-6-11-13-12-8)7-4-2-1-3-5-7/h1-6,9H,(H,11,12,13). The normalized spacial score (nSPS) is 12.7. The van der Waals surface area contributed by atoms with Crippen molar-refractivity contribution in [3.05, 3.63) is 47.8 Å². The van der Waals surface area contributed by atoms with Crippen LogP contribution in [0.4, 0.5) is 0 Å². The Balaban J connectivity index is 2.29. The number of aromatic amines is 1. The van der Waals surface area contributed by atoms with Gasteiger partial charge in [0.1, 0.15) is 5.69 Å². The van der Waals surface area contributed by atoms with E-state index in [-0.39, 0.29) is 4.83 Å². The van der Waals surface area contributed by atoms with E-state index < -0.39 is 0 Å². The molecule has 0 aliphatic rings. The zero-order valence-corrected chi connectivity index (χ0v) is 8.40. The van der Waals surface area contributed by atoms with Gasteiger partial charge in [-0.2, -0.15) is 15.4 Å². The molecule has 1 atom stereocenters. The SMILES string of the molecule is BrC(c1ccccc1)c1cn[nH]n1. The number of aromatic nitrogens is 3. The van der Waals surface area contributed by atoms with Gasteiger partial charge in [0.15, 0.2) is 0 Å². The lowest BCUT2D eigenvalue weighted by Gasteiger charge is -2.04. The van der Waals surface area contributed by atoms with Gasteiger partial charge in [0.25, 0.3) is 0 Å². The summed E-state index contributed by atoms with van der Waals surface area (Å²) in [4.78, 5) is 0.118. The van der Waals surface area contributed by atoms with Crippen molar-refractivity contribution in [2.45, 2.75) is 4.83 Å². The number of hydrogen-bond acceptors (Lipinski definition) is 2. The Kier molecular flexibility index (Phi) is 2.40. The van der Waals surface area contributed by atoms with Gasteiger partial charge in [-0.05, 0) is 5.56 Å². The molecule has 0 saturated carbocycles. The van der Waals surface area contributed by atoms with E-state index >= 15 is 0 Å². The van der Waals surface area contributed by atoms with Crippen LogP contribution >= 0.6 is 15.9 Å². The van der Waals surface area contributed by atoms with Crippen molar-refractivity contribution in [1.82, 2.24) is 15.4 Å². The van der Waals surface area contributed by atoms with E-state index in [2.05, 4.69) is 31.3 Å². The molecule has 0 amide bonds. The molecule has 66 valence electrons. The zero-order chi connectivity index (χ0) is 9.10. The number of benzene rings is 1. The molecule has 13 heavy (non-hydrogen) atoms. The van der Waals surface area contributed by atoms with Gasteiger partial charge in [0, 0.05) is 0 Å². The molecule has 0 spiro atoms. The number of nitrogens with zero attached hydrogens (tertiary/aromatic N) is 2. The first kappa shape index (κ1) is 8.44. The lowest BCUT2D eigenvalue weighted by atomic mass is 10.1. The quantitative estimate of drug-likeness (QED) is 0.815. The summed E-state index contributed by atoms with van der Waals surface area (Å²) in [6.45, 7) is 0. The first-order valence-corrected chi connectivity index (χ1v) is 4.84. The van der Waals surface area contributed by atoms with Crippen molar-refractivity contribution in [2.24, 2.45) is 0 Å². The predicted molar refractivity (Wildman–Crippen MR) is 53.6 cm³/mol. The number of H-pyrrole nitrogens is 1. The van der Waals surface area contributed by atoms with E-state index in [1.807, 2.05) is 30.3 Å². The van der Waals surface area contributed by atoms with Crippen LogP contribution in [-0.4, -0.2) is 15.4 Å². The summed E-state index contributed by atoms with van der Waals surface area (Å²) in [5.41, 5.74) is 2.07. The average molecular weight is 238 g/mol. The van der Waals surface area contributed by atoms with Gasteiger partial charge in [-0.25, -0.2) is 0 Å². The van der Waals surface area contributed by atoms with Gasteiger partial charge in [-0.3, -0.25) is 0 Å². The van der Waals surface area contributed by atoms with Crippen molar-refractivity contribution < 1.29 is 0 Å². The smallest absolute Gasteiger partial charge is 0.100 e. The lowest BCUT2D eigenvalue weighted by molar-refractivity contribution is 0.914. The molecule has 0 fully saturated rings. The molecule has 1 aromatic carbocycles. The second-order valence-corrected chi connectivity index (χ2v) is 3.58. The Bertz CT molecular complexity index is 358. The molecule has 1 heterocycles. The third-order valence-electron chi connectivity index (χ3n) is 1.79. The third kappa shape index (κ3) is 1.78. The fourth-order valence-corrected chi connectivity index (χ4v) is 1.65. The van der Waals surface area contributed by atoms with Gasteiger partial charge in [-0.15, -0.1) is 0 Å². The highest BCUT2D eigenvalue weighted by Gasteiger charge is 2.11. The highest BCUT2D eigenvalue weighted by molar-refractivity contribution is 9.09. The van der Waals surface area contributed by atoms with Crippen LogP contribution in [0, 0.1) is 0 Å². The largest absolute Gasteiger partial charge is 0.198 e. The minimum absolute atomic E-state index is 0.118. The molecule has 4 heteroatoms. The molecule has 0 saturated heterocycles. The van der Waals surface area contributed by atoms with E-state index in [4.69, 9.17) is 0 Å². The highest BCUT2D eigenvalue weighted by Crippen LogP contribution is 2.27. The molecule has 0 aliphatic carbocycles. The first-order chi connectivity index (χ1) is 6.38. The summed E-state index contributed by atoms with van der Waals surface area (Å²) >= 11 is 3.55. The Labute approximate surface area is 84.3 Å². The summed E-state index contributed by atoms with van der Waals surface area (Å²) in [5.74, 6) is 0. The second kappa shape index (κ2) is 3.70. The van der Waals surface area contributed by atoms with Crippen molar-refractivity contribution in [2.75, 3.05) is 0 Å². The van der Waals surface area contributed by atoms with Crippen LogP contribution in [0.5, 0.6) is 0 Å². The number of hydrogen-bond donors (Lipinski definition) is 1. The minimum atomic E-state index is 0.118. The predicted octanol–water partition coefficient (Wildman–Crippen LogP) is 2.29. The van der Waals surface area contributed by atoms with Crippen LogP contribution in [0.15, 0.2) is 36.5 Å². The number of rotatable bonds is 2. The van der Waals surface area contributed by atoms with Gasteiger partial charge in [0.2, 0.25) is 0 Å². The van der Waals surface area contributed by atoms with Gasteiger partial charge < -0.3 is 0 Å². The average Bonchev–Trinajstić information content (AvgIpc) is 2.71. The summed E-state index contributed by atoms with van der Waals surface area (Å²) in [6, 6.07) is 10.1. The van der Waals surface area contributed by atoms with Gasteiger partial charge in [0.05, 0.1) is 11.0 Å². The summed E-state index contributed by atoms with van der Waals surface area (Å²) < 4.78 is 0. The Morgan fingerprint density at radius 1 is 1.23 bits per heavy atom. The third-order valence-corrected chi connectivity index (χ3v) is 2.78. The monoisotopic (exact) mass is 237 g/mol. The summed E-state index contributed by atoms with van der Waals surface area (Å²) in [6.07, 6.45) is 1.71. The number of halogens is 1. The van der Waals surface area contributed by atoms with Crippen molar-refractivity contribution in [1.29, 1.82) is 0 Å². The molecule has 2 rings (SSSR count). The molecule has 1 unspecified atom stereocenters. The molecular weight excluding hydrogens is 230 g/mol. The van der Waals surface area contributed by atoms with E-state index in [1.165, 1.54) is 5.56 Å². The molecule has 2 aromatic rings. The van der Waals surface area contributed by atoms with Gasteiger partial charge in [-0.1, -0.05) is 46.3 Å². The molecule has 1 aromatic heterocycles. The van der Waals surface area contributed by atoms with Crippen molar-refractivity contribution >= 4 is 15.9 Å². The molecular formula is C9H8BrN3. The van der Waals surface area contributed by atoms with E-state index in [9.17, 15) is 0 Å². The lowest BCUT2D eigenvalue weighted by Crippen LogP contribution is -1.92. The number of nitrogens with one attached hydrogen (secondary N) is 1. The summed E-state index contributed by atoms with van der Waals surface area (Å²) in [5, 5.41) is 10.4. The molecule has 0 aliphatic heterocycles. The van der Waals surface area contributed by atoms with Crippen LogP contribution < -0.4 is 0 Å². The minimum Gasteiger partial charge on any atom is -0.198 e. The maximum Gasteiger partial charge on any atom is 0.100 e. The van der Waals surface area contributed by atoms with E-state index in [0.29, 0.717) is 0 Å². The summed E-state index contributed by atoms with van der Waals surface area (Å²) in [7, 11) is 0. The molecule has 3 nitrogen and oxygen atoms in total. The zero-order valence-electron chi connectivity index (χ0n) is 6.81. The van der Waals surface area contributed by atoms with Crippen LogP contribution in [-0.2, 0) is 0 Å². The van der Waals surface area contributed by atoms with Crippen molar-refractivity contribution in [3.8, 4) is 0 Å². The van der Waals surface area contributed by atoms with E-state index in [1.54, 1.807) is 6.20 Å². The topological polar surface area (TPSA) is 41.6 Å². The molecule has 0 radical (unpaired) electrons. The Hall–Kier alpha value is -1.16. The van der Waals surface area contributed by atoms with Crippen LogP contribution in [0.3, 0.4) is 0 Å². The Morgan fingerprint density at radius 3 is 2.62 bits per heavy atom. The van der Waals surface area contributed by atoms with Gasteiger partial charge >= 0.3 is 0 Å². The fourth-order valence-electron chi connectivity index (χ4n) is 1.13. The molecule has 0 bridgehead atoms. The first-order valence-electron chi connectivity index (χ1n) is 3.92.